The summed E-state index contributed by atoms with van der Waals surface area (Å²) in [5.41, 5.74) is 1.47. The van der Waals surface area contributed by atoms with Gasteiger partial charge in [-0.1, -0.05) is 13.3 Å². The van der Waals surface area contributed by atoms with Crippen molar-refractivity contribution in [2.24, 2.45) is 0 Å². The number of nitrogens with one attached hydrogen (secondary N) is 1. The molecule has 0 saturated heterocycles. The van der Waals surface area contributed by atoms with E-state index in [1.165, 1.54) is 28.2 Å². The molecule has 14 heavy (non-hydrogen) atoms. The first-order chi connectivity index (χ1) is 6.63. The molecule has 0 radical (unpaired) electrons. The van der Waals surface area contributed by atoms with Crippen molar-refractivity contribution in [3.8, 4) is 0 Å². The third-order valence-corrected chi connectivity index (χ3v) is 3.51. The second-order valence-corrected chi connectivity index (χ2v) is 5.47. The molecule has 1 N–H and O–H groups in total. The van der Waals surface area contributed by atoms with Crippen LogP contribution in [0.25, 0.3) is 0 Å². The van der Waals surface area contributed by atoms with Crippen LogP contribution in [0.5, 0.6) is 0 Å². The molecule has 2 heteroatoms. The molecule has 0 aliphatic heterocycles. The Balaban J connectivity index is 2.41. The average Bonchev–Trinajstić information content (AvgIpc) is 2.42. The first kappa shape index (κ1) is 11.7. The van der Waals surface area contributed by atoms with Crippen LogP contribution in [0.4, 0.5) is 0 Å². The van der Waals surface area contributed by atoms with Crippen molar-refractivity contribution in [2.75, 3.05) is 0 Å². The SMILES string of the molecule is CCCC(C)NCc1cc(C)sc1C. The summed E-state index contributed by atoms with van der Waals surface area (Å²) >= 11 is 1.89. The monoisotopic (exact) mass is 211 g/mol. The molecule has 1 aromatic rings. The minimum absolute atomic E-state index is 0.639. The van der Waals surface area contributed by atoms with Crippen molar-refractivity contribution in [3.63, 3.8) is 0 Å². The zero-order valence-electron chi connectivity index (χ0n) is 9.68. The van der Waals surface area contributed by atoms with E-state index in [1.54, 1.807) is 0 Å². The van der Waals surface area contributed by atoms with E-state index >= 15 is 0 Å². The molecule has 0 aliphatic rings. The summed E-state index contributed by atoms with van der Waals surface area (Å²) in [5.74, 6) is 0. The van der Waals surface area contributed by atoms with Crippen molar-refractivity contribution >= 4 is 11.3 Å². The lowest BCUT2D eigenvalue weighted by atomic mass is 10.2. The third kappa shape index (κ3) is 3.43. The maximum Gasteiger partial charge on any atom is 0.0218 e. The van der Waals surface area contributed by atoms with E-state index in [0.29, 0.717) is 6.04 Å². The van der Waals surface area contributed by atoms with Crippen molar-refractivity contribution in [1.82, 2.24) is 5.32 Å². The molecule has 0 aromatic carbocycles. The van der Waals surface area contributed by atoms with E-state index in [2.05, 4.69) is 39.1 Å². The quantitative estimate of drug-likeness (QED) is 0.784. The minimum atomic E-state index is 0.639. The maximum atomic E-state index is 3.56. The lowest BCUT2D eigenvalue weighted by Crippen LogP contribution is -2.25. The molecule has 1 atom stereocenters. The molecule has 80 valence electrons. The predicted octanol–water partition coefficient (Wildman–Crippen LogP) is 3.64. The fourth-order valence-corrected chi connectivity index (χ4v) is 2.62. The molecule has 0 fully saturated rings. The van der Waals surface area contributed by atoms with Crippen molar-refractivity contribution in [2.45, 2.75) is 53.1 Å². The Morgan fingerprint density at radius 2 is 2.14 bits per heavy atom. The largest absolute Gasteiger partial charge is 0.310 e. The van der Waals surface area contributed by atoms with Gasteiger partial charge in [0.05, 0.1) is 0 Å². The fraction of sp³-hybridized carbons (Fsp3) is 0.667. The van der Waals surface area contributed by atoms with Crippen molar-refractivity contribution in [1.29, 1.82) is 0 Å². The standard InChI is InChI=1S/C12H21NS/c1-5-6-9(2)13-8-12-7-10(3)14-11(12)4/h7,9,13H,5-6,8H2,1-4H3. The van der Waals surface area contributed by atoms with Gasteiger partial charge in [0.1, 0.15) is 0 Å². The fourth-order valence-electron chi connectivity index (χ4n) is 1.68. The van der Waals surface area contributed by atoms with Gasteiger partial charge < -0.3 is 5.32 Å². The van der Waals surface area contributed by atoms with Gasteiger partial charge in [0.25, 0.3) is 0 Å². The zero-order valence-corrected chi connectivity index (χ0v) is 10.5. The van der Waals surface area contributed by atoms with Crippen LogP contribution in [0, 0.1) is 13.8 Å². The summed E-state index contributed by atoms with van der Waals surface area (Å²) in [6.07, 6.45) is 2.53. The van der Waals surface area contributed by atoms with Crippen molar-refractivity contribution < 1.29 is 0 Å². The Kier molecular flexibility index (Phi) is 4.63. The second kappa shape index (κ2) is 5.52. The lowest BCUT2D eigenvalue weighted by molar-refractivity contribution is 0.508. The van der Waals surface area contributed by atoms with Crippen LogP contribution >= 0.6 is 11.3 Å². The summed E-state index contributed by atoms with van der Waals surface area (Å²) in [5, 5.41) is 3.56. The van der Waals surface area contributed by atoms with E-state index in [9.17, 15) is 0 Å². The molecule has 1 unspecified atom stereocenters. The van der Waals surface area contributed by atoms with E-state index in [4.69, 9.17) is 0 Å². The number of hydrogen-bond donors (Lipinski definition) is 1. The molecule has 1 nitrogen and oxygen atoms in total. The Bertz CT molecular complexity index is 278. The van der Waals surface area contributed by atoms with Gasteiger partial charge >= 0.3 is 0 Å². The van der Waals surface area contributed by atoms with Crippen molar-refractivity contribution in [3.05, 3.63) is 21.4 Å². The van der Waals surface area contributed by atoms with Gasteiger partial charge in [0.15, 0.2) is 0 Å². The molecule has 1 rings (SSSR count). The number of aryl methyl sites for hydroxylation is 2. The lowest BCUT2D eigenvalue weighted by Gasteiger charge is -2.12. The van der Waals surface area contributed by atoms with E-state index < -0.39 is 0 Å². The van der Waals surface area contributed by atoms with E-state index in [-0.39, 0.29) is 0 Å². The predicted molar refractivity (Wildman–Crippen MR) is 65.0 cm³/mol. The first-order valence-corrected chi connectivity index (χ1v) is 6.24. The molecule has 0 bridgehead atoms. The molecular weight excluding hydrogens is 190 g/mol. The number of thiophene rings is 1. The highest BCUT2D eigenvalue weighted by Gasteiger charge is 2.04. The summed E-state index contributed by atoms with van der Waals surface area (Å²) in [7, 11) is 0. The smallest absolute Gasteiger partial charge is 0.0218 e. The topological polar surface area (TPSA) is 12.0 Å². The van der Waals surface area contributed by atoms with Gasteiger partial charge in [-0.25, -0.2) is 0 Å². The summed E-state index contributed by atoms with van der Waals surface area (Å²) in [4.78, 5) is 2.88. The molecule has 1 heterocycles. The Morgan fingerprint density at radius 3 is 2.64 bits per heavy atom. The molecule has 0 spiro atoms. The van der Waals surface area contributed by atoms with Gasteiger partial charge in [-0.05, 0) is 38.8 Å². The summed E-state index contributed by atoms with van der Waals surface area (Å²) < 4.78 is 0. The van der Waals surface area contributed by atoms with Gasteiger partial charge in [-0.3, -0.25) is 0 Å². The number of rotatable bonds is 5. The van der Waals surface area contributed by atoms with Crippen LogP contribution < -0.4 is 5.32 Å². The third-order valence-electron chi connectivity index (χ3n) is 2.51. The number of hydrogen-bond acceptors (Lipinski definition) is 2. The van der Waals surface area contributed by atoms with E-state index in [0.717, 1.165) is 6.54 Å². The second-order valence-electron chi connectivity index (χ2n) is 4.01. The van der Waals surface area contributed by atoms with Gasteiger partial charge in [0, 0.05) is 22.3 Å². The normalized spacial score (nSPS) is 13.1. The summed E-state index contributed by atoms with van der Waals surface area (Å²) in [6.45, 7) is 9.91. The Hall–Kier alpha value is -0.340. The first-order valence-electron chi connectivity index (χ1n) is 5.42. The summed E-state index contributed by atoms with van der Waals surface area (Å²) in [6, 6.07) is 2.94. The molecule has 0 aliphatic carbocycles. The highest BCUT2D eigenvalue weighted by Crippen LogP contribution is 2.20. The van der Waals surface area contributed by atoms with Crippen LogP contribution in [0.3, 0.4) is 0 Å². The van der Waals surface area contributed by atoms with Gasteiger partial charge in [-0.15, -0.1) is 11.3 Å². The van der Waals surface area contributed by atoms with E-state index in [1.807, 2.05) is 11.3 Å². The molecule has 1 aromatic heterocycles. The maximum absolute atomic E-state index is 3.56. The Morgan fingerprint density at radius 1 is 1.43 bits per heavy atom. The highest BCUT2D eigenvalue weighted by molar-refractivity contribution is 7.12. The average molecular weight is 211 g/mol. The molecule has 0 saturated carbocycles. The van der Waals surface area contributed by atoms with Crippen LogP contribution in [-0.4, -0.2) is 6.04 Å². The van der Waals surface area contributed by atoms with Crippen LogP contribution in [0.1, 0.15) is 42.0 Å². The van der Waals surface area contributed by atoms with Gasteiger partial charge in [-0.2, -0.15) is 0 Å². The van der Waals surface area contributed by atoms with Crippen LogP contribution in [0.2, 0.25) is 0 Å². The minimum Gasteiger partial charge on any atom is -0.310 e. The zero-order chi connectivity index (χ0) is 10.6. The highest BCUT2D eigenvalue weighted by atomic mass is 32.1. The molecular formula is C12H21NS. The molecule has 0 amide bonds. The van der Waals surface area contributed by atoms with Gasteiger partial charge in [0.2, 0.25) is 0 Å². The van der Waals surface area contributed by atoms with Crippen LogP contribution in [-0.2, 0) is 6.54 Å². The Labute approximate surface area is 91.5 Å². The van der Waals surface area contributed by atoms with Crippen LogP contribution in [0.15, 0.2) is 6.07 Å².